The Morgan fingerprint density at radius 3 is 0.642 bits per heavy atom. The molecule has 2 unspecified atom stereocenters. The first-order valence-electron chi connectivity index (χ1n) is 45.0. The molecule has 19 heteroatoms. The second kappa shape index (κ2) is 78.3. The maximum atomic E-state index is 13.2. The van der Waals surface area contributed by atoms with Crippen molar-refractivity contribution >= 4 is 39.5 Å². The molecule has 0 aromatic rings. The Bertz CT molecular complexity index is 2030. The van der Waals surface area contributed by atoms with Gasteiger partial charge in [-0.05, 0) is 37.5 Å². The molecule has 0 radical (unpaired) electrons. The summed E-state index contributed by atoms with van der Waals surface area (Å²) in [4.78, 5) is 73.3. The minimum Gasteiger partial charge on any atom is -0.462 e. The number of aliphatic hydroxyl groups excluding tert-OH is 1. The first-order chi connectivity index (χ1) is 51.4. The summed E-state index contributed by atoms with van der Waals surface area (Å²) in [5.74, 6) is -0.521. The lowest BCUT2D eigenvalue weighted by Gasteiger charge is -2.21. The van der Waals surface area contributed by atoms with Crippen molar-refractivity contribution in [3.63, 3.8) is 0 Å². The van der Waals surface area contributed by atoms with Crippen LogP contribution in [0.4, 0.5) is 0 Å². The molecular formula is C87H170O17P2. The largest absolute Gasteiger partial charge is 0.472 e. The van der Waals surface area contributed by atoms with E-state index in [0.717, 1.165) is 102 Å². The zero-order valence-electron chi connectivity index (χ0n) is 69.7. The van der Waals surface area contributed by atoms with Crippen molar-refractivity contribution in [2.75, 3.05) is 39.6 Å². The molecule has 5 atom stereocenters. The lowest BCUT2D eigenvalue weighted by molar-refractivity contribution is -0.161. The van der Waals surface area contributed by atoms with Crippen LogP contribution in [0.3, 0.4) is 0 Å². The predicted molar refractivity (Wildman–Crippen MR) is 437 cm³/mol. The molecular weight excluding hydrogens is 1380 g/mol. The van der Waals surface area contributed by atoms with E-state index in [0.29, 0.717) is 25.7 Å². The number of hydrogen-bond acceptors (Lipinski definition) is 15. The lowest BCUT2D eigenvalue weighted by atomic mass is 10.0. The van der Waals surface area contributed by atoms with E-state index in [1.54, 1.807) is 0 Å². The average molecular weight is 1550 g/mol. The van der Waals surface area contributed by atoms with E-state index in [9.17, 15) is 43.2 Å². The number of carbonyl (C=O) groups is 4. The van der Waals surface area contributed by atoms with Gasteiger partial charge in [0, 0.05) is 25.7 Å². The summed E-state index contributed by atoms with van der Waals surface area (Å²) in [5, 5.41) is 10.7. The summed E-state index contributed by atoms with van der Waals surface area (Å²) in [6.07, 6.45) is 70.8. The molecule has 0 aliphatic heterocycles. The fraction of sp³-hybridized carbons (Fsp3) is 0.954. The van der Waals surface area contributed by atoms with Crippen LogP contribution < -0.4 is 0 Å². The first-order valence-corrected chi connectivity index (χ1v) is 48.0. The number of unbranched alkanes of at least 4 members (excludes halogenated alkanes) is 56. The summed E-state index contributed by atoms with van der Waals surface area (Å²) < 4.78 is 69.0. The lowest BCUT2D eigenvalue weighted by Crippen LogP contribution is -2.30. The fourth-order valence-corrected chi connectivity index (χ4v) is 15.2. The number of esters is 4. The van der Waals surface area contributed by atoms with Gasteiger partial charge in [-0.15, -0.1) is 0 Å². The highest BCUT2D eigenvalue weighted by Crippen LogP contribution is 2.45. The highest BCUT2D eigenvalue weighted by Gasteiger charge is 2.30. The minimum absolute atomic E-state index is 0.107. The molecule has 0 saturated heterocycles. The molecule has 0 aliphatic carbocycles. The van der Waals surface area contributed by atoms with E-state index >= 15 is 0 Å². The topological polar surface area (TPSA) is 237 Å². The third kappa shape index (κ3) is 80.1. The van der Waals surface area contributed by atoms with E-state index in [4.69, 9.17) is 37.0 Å². The summed E-state index contributed by atoms with van der Waals surface area (Å²) in [6.45, 7) is 9.71. The van der Waals surface area contributed by atoms with Gasteiger partial charge >= 0.3 is 39.5 Å². The molecule has 0 rings (SSSR count). The van der Waals surface area contributed by atoms with Crippen molar-refractivity contribution < 1.29 is 80.2 Å². The third-order valence-corrected chi connectivity index (χ3v) is 22.4. The van der Waals surface area contributed by atoms with E-state index in [1.165, 1.54) is 283 Å². The molecule has 0 aliphatic rings. The van der Waals surface area contributed by atoms with Gasteiger partial charge in [0.15, 0.2) is 12.2 Å². The van der Waals surface area contributed by atoms with Crippen molar-refractivity contribution in [2.24, 2.45) is 11.8 Å². The summed E-state index contributed by atoms with van der Waals surface area (Å²) in [5.41, 5.74) is 0. The van der Waals surface area contributed by atoms with Gasteiger partial charge in [0.25, 0.3) is 0 Å². The normalized spacial score (nSPS) is 13.8. The Kier molecular flexibility index (Phi) is 76.9. The van der Waals surface area contributed by atoms with Crippen molar-refractivity contribution in [3.05, 3.63) is 0 Å². The van der Waals surface area contributed by atoms with Crippen LogP contribution in [0.1, 0.15) is 465 Å². The molecule has 17 nitrogen and oxygen atoms in total. The van der Waals surface area contributed by atoms with Gasteiger partial charge in [-0.25, -0.2) is 9.13 Å². The Labute approximate surface area is 651 Å². The number of hydrogen-bond donors (Lipinski definition) is 3. The van der Waals surface area contributed by atoms with Crippen molar-refractivity contribution in [1.82, 2.24) is 0 Å². The van der Waals surface area contributed by atoms with Crippen LogP contribution >= 0.6 is 15.6 Å². The number of phosphoric acid groups is 2. The van der Waals surface area contributed by atoms with Gasteiger partial charge in [0.2, 0.25) is 0 Å². The Morgan fingerprint density at radius 1 is 0.255 bits per heavy atom. The van der Waals surface area contributed by atoms with E-state index in [1.807, 2.05) is 0 Å². The quantitative estimate of drug-likeness (QED) is 0.0222. The van der Waals surface area contributed by atoms with Gasteiger partial charge in [-0.2, -0.15) is 0 Å². The highest BCUT2D eigenvalue weighted by atomic mass is 31.2. The number of carbonyl (C=O) groups excluding carboxylic acids is 4. The van der Waals surface area contributed by atoms with Crippen LogP contribution in [0.25, 0.3) is 0 Å². The highest BCUT2D eigenvalue weighted by molar-refractivity contribution is 7.47. The van der Waals surface area contributed by atoms with E-state index in [-0.39, 0.29) is 25.7 Å². The molecule has 0 spiro atoms. The molecule has 3 N–H and O–H groups in total. The SMILES string of the molecule is CCCCCCCCCCCCCCCCCCCCCCC(=O)O[C@H](COC(=O)CCCCCCCCCCCCCCCCCCC(C)C)COP(=O)(O)OC[C@@H](O)COP(=O)(O)OC[C@@H](COC(=O)CCCCCCCCCCCCCCC)OC(=O)CCCCCCCCCCCCCC(C)C. The molecule has 0 bridgehead atoms. The molecule has 0 saturated carbocycles. The van der Waals surface area contributed by atoms with Crippen LogP contribution in [0, 0.1) is 11.8 Å². The maximum absolute atomic E-state index is 13.2. The number of aliphatic hydroxyl groups is 1. The second-order valence-electron chi connectivity index (χ2n) is 32.2. The van der Waals surface area contributed by atoms with Gasteiger partial charge in [-0.1, -0.05) is 414 Å². The zero-order chi connectivity index (χ0) is 77.8. The molecule has 106 heavy (non-hydrogen) atoms. The minimum atomic E-state index is -4.97. The van der Waals surface area contributed by atoms with Crippen LogP contribution in [0.15, 0.2) is 0 Å². The van der Waals surface area contributed by atoms with Crippen LogP contribution in [-0.4, -0.2) is 96.7 Å². The number of phosphoric ester groups is 2. The van der Waals surface area contributed by atoms with Gasteiger partial charge in [0.1, 0.15) is 19.3 Å². The summed E-state index contributed by atoms with van der Waals surface area (Å²) in [6, 6.07) is 0. The van der Waals surface area contributed by atoms with Crippen LogP contribution in [0.5, 0.6) is 0 Å². The van der Waals surface area contributed by atoms with Crippen molar-refractivity contribution in [2.45, 2.75) is 484 Å². The first kappa shape index (κ1) is 104. The van der Waals surface area contributed by atoms with Crippen molar-refractivity contribution in [3.8, 4) is 0 Å². The van der Waals surface area contributed by atoms with Gasteiger partial charge in [-0.3, -0.25) is 37.3 Å². The fourth-order valence-electron chi connectivity index (χ4n) is 13.6. The smallest absolute Gasteiger partial charge is 0.462 e. The predicted octanol–water partition coefficient (Wildman–Crippen LogP) is 26.6. The molecule has 0 heterocycles. The van der Waals surface area contributed by atoms with E-state index < -0.39 is 97.5 Å². The standard InChI is InChI=1S/C87H170O17P2/c1-7-9-11-13-15-17-19-21-22-23-24-25-26-31-35-41-47-53-59-65-71-86(91)103-82(75-98-85(90)70-64-58-52-46-40-34-30-28-27-29-33-37-43-49-55-61-67-79(3)4)77-101-105(93,94)99-73-81(88)74-100-106(95,96)102-78-83(76-97-84(89)69-63-57-51-45-39-32-20-18-16-14-12-10-8-2)104-87(92)72-66-60-54-48-42-36-38-44-50-56-62-68-80(5)6/h79-83,88H,7-78H2,1-6H3,(H,93,94)(H,95,96)/t81-,82-,83-/m1/s1. The Hall–Kier alpha value is -1.94. The van der Waals surface area contributed by atoms with Crippen molar-refractivity contribution in [1.29, 1.82) is 0 Å². The van der Waals surface area contributed by atoms with Crippen LogP contribution in [-0.2, 0) is 65.4 Å². The number of ether oxygens (including phenoxy) is 4. The average Bonchev–Trinajstić information content (AvgIpc) is 0.894. The number of rotatable bonds is 86. The molecule has 0 amide bonds. The maximum Gasteiger partial charge on any atom is 0.472 e. The summed E-state index contributed by atoms with van der Waals surface area (Å²) >= 11 is 0. The molecule has 0 aromatic carbocycles. The third-order valence-electron chi connectivity index (χ3n) is 20.5. The molecule has 0 aromatic heterocycles. The molecule has 0 fully saturated rings. The van der Waals surface area contributed by atoms with E-state index in [2.05, 4.69) is 41.5 Å². The van der Waals surface area contributed by atoms with Gasteiger partial charge < -0.3 is 33.8 Å². The molecule has 630 valence electrons. The van der Waals surface area contributed by atoms with Gasteiger partial charge in [0.05, 0.1) is 26.4 Å². The van der Waals surface area contributed by atoms with Crippen LogP contribution in [0.2, 0.25) is 0 Å². The Morgan fingerprint density at radius 2 is 0.434 bits per heavy atom. The monoisotopic (exact) mass is 1550 g/mol. The second-order valence-corrected chi connectivity index (χ2v) is 35.1. The summed E-state index contributed by atoms with van der Waals surface area (Å²) in [7, 11) is -9.93. The zero-order valence-corrected chi connectivity index (χ0v) is 71.5. The Balaban J connectivity index is 5.25.